The summed E-state index contributed by atoms with van der Waals surface area (Å²) in [7, 11) is 0. The van der Waals surface area contributed by atoms with Crippen LogP contribution in [0.1, 0.15) is 59.3 Å². The summed E-state index contributed by atoms with van der Waals surface area (Å²) >= 11 is 0. The summed E-state index contributed by atoms with van der Waals surface area (Å²) in [5, 5.41) is 8.74. The second kappa shape index (κ2) is 6.91. The van der Waals surface area contributed by atoms with Crippen LogP contribution in [0.5, 0.6) is 0 Å². The maximum absolute atomic E-state index is 8.74. The first kappa shape index (κ1) is 13.5. The van der Waals surface area contributed by atoms with Crippen molar-refractivity contribution in [2.45, 2.75) is 71.4 Å². The molecule has 0 N–H and O–H groups in total. The molecular formula is C14H26N2. The zero-order chi connectivity index (χ0) is 12.0. The second-order valence-electron chi connectivity index (χ2n) is 5.26. The minimum atomic E-state index is 0.575. The molecule has 0 aliphatic heterocycles. The lowest BCUT2D eigenvalue weighted by molar-refractivity contribution is 0.0755. The summed E-state index contributed by atoms with van der Waals surface area (Å²) in [6.45, 7) is 7.79. The predicted molar refractivity (Wildman–Crippen MR) is 68.1 cm³/mol. The van der Waals surface area contributed by atoms with Crippen molar-refractivity contribution >= 4 is 0 Å². The van der Waals surface area contributed by atoms with Crippen molar-refractivity contribution < 1.29 is 0 Å². The Balaban J connectivity index is 2.63. The second-order valence-corrected chi connectivity index (χ2v) is 5.26. The van der Waals surface area contributed by atoms with Gasteiger partial charge in [0.25, 0.3) is 0 Å². The molecule has 1 saturated carbocycles. The molecule has 0 bridgehead atoms. The van der Waals surface area contributed by atoms with Gasteiger partial charge in [-0.25, -0.2) is 0 Å². The minimum absolute atomic E-state index is 0.575. The van der Waals surface area contributed by atoms with Gasteiger partial charge in [0.15, 0.2) is 0 Å². The van der Waals surface area contributed by atoms with Gasteiger partial charge in [0.1, 0.15) is 0 Å². The highest BCUT2D eigenvalue weighted by Crippen LogP contribution is 2.31. The quantitative estimate of drug-likeness (QED) is 0.711. The van der Waals surface area contributed by atoms with Gasteiger partial charge in [-0.2, -0.15) is 5.26 Å². The normalized spacial score (nSPS) is 26.0. The monoisotopic (exact) mass is 222 g/mol. The average molecular weight is 222 g/mol. The molecular weight excluding hydrogens is 196 g/mol. The summed E-state index contributed by atoms with van der Waals surface area (Å²) in [5.74, 6) is 0.856. The molecule has 0 radical (unpaired) electrons. The van der Waals surface area contributed by atoms with E-state index >= 15 is 0 Å². The van der Waals surface area contributed by atoms with E-state index in [4.69, 9.17) is 5.26 Å². The van der Waals surface area contributed by atoms with E-state index in [1.54, 1.807) is 0 Å². The molecule has 2 nitrogen and oxygen atoms in total. The molecule has 16 heavy (non-hydrogen) atoms. The Hall–Kier alpha value is -0.550. The highest BCUT2D eigenvalue weighted by molar-refractivity contribution is 4.86. The average Bonchev–Trinajstić information content (AvgIpc) is 2.29. The summed E-state index contributed by atoms with van der Waals surface area (Å²) < 4.78 is 0. The van der Waals surface area contributed by atoms with Crippen LogP contribution in [0.15, 0.2) is 0 Å². The zero-order valence-corrected chi connectivity index (χ0v) is 11.1. The Labute approximate surface area is 101 Å². The van der Waals surface area contributed by atoms with Crippen LogP contribution in [0.25, 0.3) is 0 Å². The van der Waals surface area contributed by atoms with E-state index in [0.717, 1.165) is 18.5 Å². The maximum atomic E-state index is 8.74. The van der Waals surface area contributed by atoms with Gasteiger partial charge < -0.3 is 0 Å². The number of hydrogen-bond acceptors (Lipinski definition) is 2. The van der Waals surface area contributed by atoms with Gasteiger partial charge in [0.05, 0.1) is 6.07 Å². The van der Waals surface area contributed by atoms with Gasteiger partial charge in [-0.1, -0.05) is 26.2 Å². The summed E-state index contributed by atoms with van der Waals surface area (Å²) in [5.41, 5.74) is 0. The summed E-state index contributed by atoms with van der Waals surface area (Å²) in [6, 6.07) is 3.59. The molecule has 1 rings (SSSR count). The van der Waals surface area contributed by atoms with Crippen LogP contribution in [0, 0.1) is 17.2 Å². The van der Waals surface area contributed by atoms with Crippen molar-refractivity contribution in [2.75, 3.05) is 6.54 Å². The number of nitrogens with zero attached hydrogens (tertiary/aromatic N) is 2. The van der Waals surface area contributed by atoms with E-state index in [1.165, 1.54) is 32.1 Å². The van der Waals surface area contributed by atoms with Crippen LogP contribution in [0.4, 0.5) is 0 Å². The molecule has 0 aromatic rings. The number of rotatable bonds is 5. The van der Waals surface area contributed by atoms with Gasteiger partial charge >= 0.3 is 0 Å². The Morgan fingerprint density at radius 3 is 2.56 bits per heavy atom. The molecule has 92 valence electrons. The van der Waals surface area contributed by atoms with Crippen LogP contribution in [-0.2, 0) is 0 Å². The van der Waals surface area contributed by atoms with E-state index in [0.29, 0.717) is 12.5 Å². The zero-order valence-electron chi connectivity index (χ0n) is 11.1. The highest BCUT2D eigenvalue weighted by atomic mass is 15.2. The molecule has 2 unspecified atom stereocenters. The fourth-order valence-corrected chi connectivity index (χ4v) is 3.09. The maximum Gasteiger partial charge on any atom is 0.0635 e. The fraction of sp³-hybridized carbons (Fsp3) is 0.929. The molecule has 0 aromatic heterocycles. The Morgan fingerprint density at radius 1 is 1.31 bits per heavy atom. The third-order valence-corrected chi connectivity index (χ3v) is 3.96. The minimum Gasteiger partial charge on any atom is -0.297 e. The lowest BCUT2D eigenvalue weighted by Gasteiger charge is -2.42. The van der Waals surface area contributed by atoms with Gasteiger partial charge in [-0.3, -0.25) is 4.90 Å². The van der Waals surface area contributed by atoms with E-state index in [2.05, 4.69) is 31.7 Å². The lowest BCUT2D eigenvalue weighted by Crippen LogP contribution is -2.46. The van der Waals surface area contributed by atoms with E-state index in [-0.39, 0.29) is 0 Å². The molecule has 0 aromatic carbocycles. The molecule has 2 atom stereocenters. The van der Waals surface area contributed by atoms with Crippen molar-refractivity contribution in [3.8, 4) is 6.07 Å². The molecule has 2 heteroatoms. The van der Waals surface area contributed by atoms with Gasteiger partial charge in [-0.05, 0) is 32.6 Å². The third kappa shape index (κ3) is 3.49. The molecule has 0 heterocycles. The van der Waals surface area contributed by atoms with Crippen LogP contribution in [-0.4, -0.2) is 23.5 Å². The largest absolute Gasteiger partial charge is 0.297 e. The summed E-state index contributed by atoms with van der Waals surface area (Å²) in [4.78, 5) is 2.57. The highest BCUT2D eigenvalue weighted by Gasteiger charge is 2.29. The molecule has 1 aliphatic rings. The van der Waals surface area contributed by atoms with Gasteiger partial charge in [-0.15, -0.1) is 0 Å². The molecule has 0 saturated heterocycles. The van der Waals surface area contributed by atoms with E-state index < -0.39 is 0 Å². The number of hydrogen-bond donors (Lipinski definition) is 0. The summed E-state index contributed by atoms with van der Waals surface area (Å²) in [6.07, 6.45) is 7.46. The predicted octanol–water partition coefficient (Wildman–Crippen LogP) is 3.58. The van der Waals surface area contributed by atoms with Crippen LogP contribution < -0.4 is 0 Å². The molecule has 1 aliphatic carbocycles. The van der Waals surface area contributed by atoms with E-state index in [9.17, 15) is 0 Å². The first-order valence-electron chi connectivity index (χ1n) is 6.83. The molecule has 1 fully saturated rings. The van der Waals surface area contributed by atoms with Crippen LogP contribution >= 0.6 is 0 Å². The topological polar surface area (TPSA) is 27.0 Å². The Morgan fingerprint density at radius 2 is 2.00 bits per heavy atom. The Kier molecular flexibility index (Phi) is 5.84. The molecule has 0 spiro atoms. The van der Waals surface area contributed by atoms with Crippen molar-refractivity contribution in [3.63, 3.8) is 0 Å². The molecule has 0 amide bonds. The smallest absolute Gasteiger partial charge is 0.0635 e. The first-order chi connectivity index (χ1) is 7.70. The Bertz CT molecular complexity index is 229. The standard InChI is InChI=1S/C14H26N2/c1-4-13-8-5-6-9-14(13)16(12(2)3)11-7-10-15/h12-14H,4-9,11H2,1-3H3. The van der Waals surface area contributed by atoms with Crippen molar-refractivity contribution in [2.24, 2.45) is 5.92 Å². The van der Waals surface area contributed by atoms with Crippen molar-refractivity contribution in [3.05, 3.63) is 0 Å². The van der Waals surface area contributed by atoms with Gasteiger partial charge in [0.2, 0.25) is 0 Å². The van der Waals surface area contributed by atoms with Crippen LogP contribution in [0.2, 0.25) is 0 Å². The first-order valence-corrected chi connectivity index (χ1v) is 6.83. The SMILES string of the molecule is CCC1CCCCC1N(CCC#N)C(C)C. The fourth-order valence-electron chi connectivity index (χ4n) is 3.09. The van der Waals surface area contributed by atoms with E-state index in [1.807, 2.05) is 0 Å². The number of nitriles is 1. The lowest BCUT2D eigenvalue weighted by atomic mass is 9.81. The van der Waals surface area contributed by atoms with Crippen molar-refractivity contribution in [1.82, 2.24) is 4.90 Å². The van der Waals surface area contributed by atoms with Crippen molar-refractivity contribution in [1.29, 1.82) is 5.26 Å². The third-order valence-electron chi connectivity index (χ3n) is 3.96. The van der Waals surface area contributed by atoms with Crippen LogP contribution in [0.3, 0.4) is 0 Å². The van der Waals surface area contributed by atoms with Gasteiger partial charge in [0, 0.05) is 25.0 Å².